The maximum Gasteiger partial charge on any atom is 0.220 e. The zero-order chi connectivity index (χ0) is 17.4. The number of hydrogen-bond donors (Lipinski definition) is 2. The van der Waals surface area contributed by atoms with Gasteiger partial charge in [-0.25, -0.2) is 9.97 Å². The summed E-state index contributed by atoms with van der Waals surface area (Å²) in [6.45, 7) is 5.87. The van der Waals surface area contributed by atoms with Gasteiger partial charge in [0.05, 0.1) is 11.7 Å². The van der Waals surface area contributed by atoms with Crippen LogP contribution in [0.15, 0.2) is 30.7 Å². The zero-order valence-electron chi connectivity index (χ0n) is 14.6. The standard InChI is InChI=1S/C19H23N5O/c1-12(2)23-17(25)9-13-5-8-24(11-13)16-4-7-20-15-10-22-19-14(18(15)16)3-6-21-19/h3-4,6-7,10,12-13,20H,5,8-9,11H2,1-2H3,(H,23,25). The number of aromatic nitrogens is 3. The first-order valence-electron chi connectivity index (χ1n) is 8.87. The Morgan fingerprint density at radius 2 is 2.28 bits per heavy atom. The van der Waals surface area contributed by atoms with Crippen molar-refractivity contribution in [3.05, 3.63) is 30.7 Å². The van der Waals surface area contributed by atoms with Crippen LogP contribution < -0.4 is 10.2 Å². The summed E-state index contributed by atoms with van der Waals surface area (Å²) in [7, 11) is 0. The minimum absolute atomic E-state index is 0.153. The Morgan fingerprint density at radius 1 is 1.40 bits per heavy atom. The number of hydrogen-bond acceptors (Lipinski definition) is 4. The molecule has 1 amide bonds. The molecule has 130 valence electrons. The Balaban J connectivity index is 1.60. The maximum absolute atomic E-state index is 12.1. The lowest BCUT2D eigenvalue weighted by Gasteiger charge is -2.21. The average molecular weight is 337 g/mol. The summed E-state index contributed by atoms with van der Waals surface area (Å²) in [4.78, 5) is 26.4. The van der Waals surface area contributed by atoms with Gasteiger partial charge in [-0.15, -0.1) is 0 Å². The van der Waals surface area contributed by atoms with Crippen molar-refractivity contribution in [1.82, 2.24) is 20.3 Å². The lowest BCUT2D eigenvalue weighted by molar-refractivity contribution is -0.122. The number of fused-ring (bicyclic) bond motifs is 3. The summed E-state index contributed by atoms with van der Waals surface area (Å²) in [5, 5.41) is 5.23. The van der Waals surface area contributed by atoms with Gasteiger partial charge in [-0.1, -0.05) is 0 Å². The molecule has 3 aromatic heterocycles. The molecular formula is C19H23N5O. The van der Waals surface area contributed by atoms with Gasteiger partial charge in [-0.05, 0) is 38.3 Å². The zero-order valence-corrected chi connectivity index (χ0v) is 14.6. The van der Waals surface area contributed by atoms with Crippen LogP contribution in [0.25, 0.3) is 21.9 Å². The second-order valence-electron chi connectivity index (χ2n) is 7.12. The number of pyridine rings is 2. The topological polar surface area (TPSA) is 73.9 Å². The minimum Gasteiger partial charge on any atom is -0.371 e. The molecule has 0 bridgehead atoms. The van der Waals surface area contributed by atoms with Crippen LogP contribution >= 0.6 is 0 Å². The maximum atomic E-state index is 12.1. The third-order valence-electron chi connectivity index (χ3n) is 4.82. The molecule has 6 heteroatoms. The monoisotopic (exact) mass is 337 g/mol. The summed E-state index contributed by atoms with van der Waals surface area (Å²) in [6.07, 6.45) is 7.24. The predicted molar refractivity (Wildman–Crippen MR) is 99.6 cm³/mol. The van der Waals surface area contributed by atoms with Crippen LogP contribution in [-0.4, -0.2) is 40.0 Å². The SMILES string of the molecule is CC(C)NC(=O)CC1CCN(c2cc[nH]c3cnc4nccc4c23)C1. The fourth-order valence-electron chi connectivity index (χ4n) is 3.76. The van der Waals surface area contributed by atoms with Gasteiger partial charge in [-0.2, -0.15) is 0 Å². The number of rotatable bonds is 4. The van der Waals surface area contributed by atoms with Crippen LogP contribution in [-0.2, 0) is 4.79 Å². The molecule has 0 spiro atoms. The van der Waals surface area contributed by atoms with Gasteiger partial charge in [0, 0.05) is 54.4 Å². The van der Waals surface area contributed by atoms with Crippen molar-refractivity contribution in [1.29, 1.82) is 0 Å². The first-order valence-corrected chi connectivity index (χ1v) is 8.87. The van der Waals surface area contributed by atoms with Gasteiger partial charge in [0.2, 0.25) is 5.91 Å². The second kappa shape index (κ2) is 6.35. The number of carbonyl (C=O) groups is 1. The number of anilines is 1. The molecule has 25 heavy (non-hydrogen) atoms. The molecule has 3 aromatic rings. The lowest BCUT2D eigenvalue weighted by Crippen LogP contribution is -2.32. The normalized spacial score (nSPS) is 17.7. The summed E-state index contributed by atoms with van der Waals surface area (Å²) in [5.74, 6) is 0.549. The fourth-order valence-corrected chi connectivity index (χ4v) is 3.76. The third-order valence-corrected chi connectivity index (χ3v) is 4.82. The number of amides is 1. The minimum atomic E-state index is 0.153. The van der Waals surface area contributed by atoms with Crippen molar-refractivity contribution in [3.8, 4) is 0 Å². The van der Waals surface area contributed by atoms with E-state index in [2.05, 4.69) is 31.2 Å². The van der Waals surface area contributed by atoms with Crippen molar-refractivity contribution in [3.63, 3.8) is 0 Å². The average Bonchev–Trinajstić information content (AvgIpc) is 3.22. The summed E-state index contributed by atoms with van der Waals surface area (Å²) < 4.78 is 0. The van der Waals surface area contributed by atoms with Crippen LogP contribution in [0.5, 0.6) is 0 Å². The third kappa shape index (κ3) is 3.04. The number of nitrogens with one attached hydrogen (secondary N) is 2. The van der Waals surface area contributed by atoms with E-state index in [0.29, 0.717) is 12.3 Å². The van der Waals surface area contributed by atoms with Crippen molar-refractivity contribution in [2.75, 3.05) is 18.0 Å². The van der Waals surface area contributed by atoms with Crippen molar-refractivity contribution in [2.45, 2.75) is 32.7 Å². The van der Waals surface area contributed by atoms with Gasteiger partial charge in [-0.3, -0.25) is 4.79 Å². The molecule has 2 N–H and O–H groups in total. The molecule has 4 heterocycles. The number of H-pyrrole nitrogens is 1. The Morgan fingerprint density at radius 3 is 3.12 bits per heavy atom. The van der Waals surface area contributed by atoms with E-state index in [1.54, 1.807) is 6.20 Å². The van der Waals surface area contributed by atoms with E-state index in [-0.39, 0.29) is 11.9 Å². The van der Waals surface area contributed by atoms with E-state index in [1.807, 2.05) is 32.3 Å². The molecular weight excluding hydrogens is 314 g/mol. The van der Waals surface area contributed by atoms with Crippen LogP contribution in [0.2, 0.25) is 0 Å². The molecule has 1 aliphatic heterocycles. The van der Waals surface area contributed by atoms with Crippen LogP contribution in [0.3, 0.4) is 0 Å². The predicted octanol–water partition coefficient (Wildman–Crippen LogP) is 2.85. The van der Waals surface area contributed by atoms with E-state index in [4.69, 9.17) is 0 Å². The number of aromatic amines is 1. The van der Waals surface area contributed by atoms with Crippen molar-refractivity contribution in [2.24, 2.45) is 5.92 Å². The smallest absolute Gasteiger partial charge is 0.220 e. The molecule has 1 saturated heterocycles. The van der Waals surface area contributed by atoms with Gasteiger partial charge in [0.25, 0.3) is 0 Å². The van der Waals surface area contributed by atoms with Crippen LogP contribution in [0.1, 0.15) is 26.7 Å². The van der Waals surface area contributed by atoms with E-state index in [0.717, 1.165) is 41.4 Å². The molecule has 1 unspecified atom stereocenters. The highest BCUT2D eigenvalue weighted by Crippen LogP contribution is 2.34. The molecule has 1 fully saturated rings. The first-order chi connectivity index (χ1) is 12.1. The molecule has 0 aliphatic carbocycles. The van der Waals surface area contributed by atoms with E-state index >= 15 is 0 Å². The van der Waals surface area contributed by atoms with E-state index in [9.17, 15) is 4.79 Å². The van der Waals surface area contributed by atoms with E-state index in [1.165, 1.54) is 5.69 Å². The second-order valence-corrected chi connectivity index (χ2v) is 7.12. The number of carbonyl (C=O) groups excluding carboxylic acids is 1. The Labute approximate surface area is 146 Å². The Bertz CT molecular complexity index is 916. The number of nitrogens with zero attached hydrogens (tertiary/aromatic N) is 3. The summed E-state index contributed by atoms with van der Waals surface area (Å²) in [5.41, 5.74) is 2.99. The lowest BCUT2D eigenvalue weighted by atomic mass is 10.0. The van der Waals surface area contributed by atoms with Crippen LogP contribution in [0.4, 0.5) is 5.69 Å². The van der Waals surface area contributed by atoms with Crippen molar-refractivity contribution >= 4 is 33.5 Å². The quantitative estimate of drug-likeness (QED) is 0.768. The largest absolute Gasteiger partial charge is 0.371 e. The highest BCUT2D eigenvalue weighted by molar-refractivity contribution is 6.10. The molecule has 1 atom stereocenters. The summed E-state index contributed by atoms with van der Waals surface area (Å²) >= 11 is 0. The molecule has 0 radical (unpaired) electrons. The Kier molecular flexibility index (Phi) is 4.03. The first kappa shape index (κ1) is 15.9. The summed E-state index contributed by atoms with van der Waals surface area (Å²) in [6, 6.07) is 4.33. The molecule has 0 aromatic carbocycles. The molecule has 6 nitrogen and oxygen atoms in total. The van der Waals surface area contributed by atoms with Crippen molar-refractivity contribution < 1.29 is 4.79 Å². The van der Waals surface area contributed by atoms with Crippen LogP contribution in [0, 0.1) is 5.92 Å². The van der Waals surface area contributed by atoms with E-state index < -0.39 is 0 Å². The fraction of sp³-hybridized carbons (Fsp3) is 0.421. The molecule has 0 saturated carbocycles. The van der Waals surface area contributed by atoms with Gasteiger partial charge >= 0.3 is 0 Å². The van der Waals surface area contributed by atoms with Gasteiger partial charge < -0.3 is 15.2 Å². The highest BCUT2D eigenvalue weighted by atomic mass is 16.1. The van der Waals surface area contributed by atoms with Gasteiger partial charge in [0.1, 0.15) is 0 Å². The van der Waals surface area contributed by atoms with Gasteiger partial charge in [0.15, 0.2) is 5.65 Å². The Hall–Kier alpha value is -2.63. The molecule has 1 aliphatic rings. The highest BCUT2D eigenvalue weighted by Gasteiger charge is 2.26. The molecule has 4 rings (SSSR count).